The Kier molecular flexibility index (Phi) is 5.21. The summed E-state index contributed by atoms with van der Waals surface area (Å²) in [5.74, 6) is 0. The van der Waals surface area contributed by atoms with Crippen LogP contribution in [0.4, 0.5) is 18.9 Å². The van der Waals surface area contributed by atoms with E-state index in [0.29, 0.717) is 6.04 Å². The molecule has 0 aliphatic carbocycles. The molecule has 0 spiro atoms. The van der Waals surface area contributed by atoms with E-state index in [9.17, 15) is 13.2 Å². The van der Waals surface area contributed by atoms with Crippen molar-refractivity contribution in [2.24, 2.45) is 0 Å². The highest BCUT2D eigenvalue weighted by Crippen LogP contribution is 2.37. The predicted octanol–water partition coefficient (Wildman–Crippen LogP) is 4.67. The van der Waals surface area contributed by atoms with Gasteiger partial charge in [0.1, 0.15) is 0 Å². The van der Waals surface area contributed by atoms with Crippen LogP contribution in [0.5, 0.6) is 0 Å². The van der Waals surface area contributed by atoms with Crippen molar-refractivity contribution < 1.29 is 17.9 Å². The molecule has 1 aliphatic rings. The molecule has 2 unspecified atom stereocenters. The van der Waals surface area contributed by atoms with Gasteiger partial charge in [-0.2, -0.15) is 13.2 Å². The van der Waals surface area contributed by atoms with E-state index in [1.54, 1.807) is 12.1 Å². The lowest BCUT2D eigenvalue weighted by Crippen LogP contribution is -2.33. The predicted molar refractivity (Wildman–Crippen MR) is 75.0 cm³/mol. The average molecular weight is 305 g/mol. The van der Waals surface area contributed by atoms with Crippen molar-refractivity contribution in [2.75, 3.05) is 11.9 Å². The van der Waals surface area contributed by atoms with Crippen LogP contribution in [0.15, 0.2) is 29.2 Å². The van der Waals surface area contributed by atoms with Crippen molar-refractivity contribution in [3.63, 3.8) is 0 Å². The first-order valence-electron chi connectivity index (χ1n) is 6.70. The number of ether oxygens (including phenoxy) is 1. The summed E-state index contributed by atoms with van der Waals surface area (Å²) in [5.41, 5.74) is -3.37. The minimum atomic E-state index is -4.23. The quantitative estimate of drug-likeness (QED) is 0.817. The number of rotatable bonds is 4. The first-order chi connectivity index (χ1) is 9.46. The third-order valence-electron chi connectivity index (χ3n) is 3.28. The van der Waals surface area contributed by atoms with E-state index in [1.807, 2.05) is 0 Å². The Balaban J connectivity index is 1.90. The van der Waals surface area contributed by atoms with E-state index < -0.39 is 5.51 Å². The summed E-state index contributed by atoms with van der Waals surface area (Å²) in [5, 5.41) is 3.36. The molecule has 2 atom stereocenters. The maximum absolute atomic E-state index is 12.2. The van der Waals surface area contributed by atoms with E-state index >= 15 is 0 Å². The molecule has 1 heterocycles. The molecule has 112 valence electrons. The molecule has 0 aromatic heterocycles. The van der Waals surface area contributed by atoms with Crippen molar-refractivity contribution in [1.29, 1.82) is 0 Å². The molecule has 1 aromatic rings. The zero-order chi connectivity index (χ0) is 14.6. The molecule has 0 bridgehead atoms. The van der Waals surface area contributed by atoms with Gasteiger partial charge in [-0.1, -0.05) is 6.92 Å². The zero-order valence-corrected chi connectivity index (χ0v) is 12.1. The molecule has 0 amide bonds. The number of nitrogens with one attached hydrogen (secondary N) is 1. The number of thioether (sulfide) groups is 1. The van der Waals surface area contributed by atoms with Crippen LogP contribution in [0.2, 0.25) is 0 Å². The number of halogens is 3. The van der Waals surface area contributed by atoms with Crippen molar-refractivity contribution in [2.45, 2.75) is 48.7 Å². The Morgan fingerprint density at radius 3 is 2.60 bits per heavy atom. The molecule has 6 heteroatoms. The summed E-state index contributed by atoms with van der Waals surface area (Å²) in [4.78, 5) is 0.210. The van der Waals surface area contributed by atoms with Crippen LogP contribution in [0.25, 0.3) is 0 Å². The Hall–Kier alpha value is -0.880. The fourth-order valence-corrected chi connectivity index (χ4v) is 2.82. The lowest BCUT2D eigenvalue weighted by molar-refractivity contribution is -0.0328. The molecule has 1 aromatic carbocycles. The van der Waals surface area contributed by atoms with Gasteiger partial charge in [0.05, 0.1) is 6.10 Å². The summed E-state index contributed by atoms with van der Waals surface area (Å²) < 4.78 is 42.3. The maximum Gasteiger partial charge on any atom is 0.446 e. The van der Waals surface area contributed by atoms with Gasteiger partial charge in [-0.15, -0.1) is 0 Å². The first-order valence-corrected chi connectivity index (χ1v) is 7.52. The fraction of sp³-hybridized carbons (Fsp3) is 0.571. The standard InChI is InChI=1S/C14H18F3NOS/c1-2-12-9-11(7-8-19-12)18-10-3-5-13(6-4-10)20-14(15,16)17/h3-6,11-12,18H,2,7-9H2,1H3. The Morgan fingerprint density at radius 1 is 1.30 bits per heavy atom. The fourth-order valence-electron chi connectivity index (χ4n) is 2.28. The van der Waals surface area contributed by atoms with E-state index in [0.717, 1.165) is 31.6 Å². The van der Waals surface area contributed by atoms with Gasteiger partial charge in [0.25, 0.3) is 0 Å². The van der Waals surface area contributed by atoms with Gasteiger partial charge >= 0.3 is 5.51 Å². The van der Waals surface area contributed by atoms with E-state index in [2.05, 4.69) is 12.2 Å². The van der Waals surface area contributed by atoms with Crippen molar-refractivity contribution in [3.05, 3.63) is 24.3 Å². The third-order valence-corrected chi connectivity index (χ3v) is 4.02. The lowest BCUT2D eigenvalue weighted by Gasteiger charge is -2.30. The van der Waals surface area contributed by atoms with Gasteiger partial charge in [-0.25, -0.2) is 0 Å². The van der Waals surface area contributed by atoms with Gasteiger partial charge < -0.3 is 10.1 Å². The largest absolute Gasteiger partial charge is 0.446 e. The van der Waals surface area contributed by atoms with Gasteiger partial charge in [0.15, 0.2) is 0 Å². The van der Waals surface area contributed by atoms with Crippen LogP contribution in [0.1, 0.15) is 26.2 Å². The molecule has 1 aliphatic heterocycles. The Bertz CT molecular complexity index is 421. The number of anilines is 1. The highest BCUT2D eigenvalue weighted by molar-refractivity contribution is 8.00. The first kappa shape index (κ1) is 15.5. The van der Waals surface area contributed by atoms with Crippen molar-refractivity contribution in [1.82, 2.24) is 0 Å². The number of hydrogen-bond donors (Lipinski definition) is 1. The van der Waals surface area contributed by atoms with Crippen molar-refractivity contribution >= 4 is 17.4 Å². The molecule has 1 fully saturated rings. The summed E-state index contributed by atoms with van der Waals surface area (Å²) >= 11 is -0.0882. The maximum atomic E-state index is 12.2. The molecule has 2 rings (SSSR count). The average Bonchev–Trinajstić information content (AvgIpc) is 2.40. The van der Waals surface area contributed by atoms with Gasteiger partial charge in [0, 0.05) is 23.2 Å². The normalized spacial score (nSPS) is 23.6. The molecule has 0 radical (unpaired) electrons. The van der Waals surface area contributed by atoms with Gasteiger partial charge in [-0.3, -0.25) is 0 Å². The van der Waals surface area contributed by atoms with Crippen LogP contribution < -0.4 is 5.32 Å². The lowest BCUT2D eigenvalue weighted by atomic mass is 10.0. The second-order valence-electron chi connectivity index (χ2n) is 4.84. The van der Waals surface area contributed by atoms with E-state index in [-0.39, 0.29) is 22.8 Å². The summed E-state index contributed by atoms with van der Waals surface area (Å²) in [6.45, 7) is 2.83. The SMILES string of the molecule is CCC1CC(Nc2ccc(SC(F)(F)F)cc2)CCO1. The number of hydrogen-bond acceptors (Lipinski definition) is 3. The van der Waals surface area contributed by atoms with Crippen molar-refractivity contribution in [3.8, 4) is 0 Å². The zero-order valence-electron chi connectivity index (χ0n) is 11.2. The van der Waals surface area contributed by atoms with Gasteiger partial charge in [0.2, 0.25) is 0 Å². The van der Waals surface area contributed by atoms with Crippen LogP contribution >= 0.6 is 11.8 Å². The highest BCUT2D eigenvalue weighted by Gasteiger charge is 2.29. The topological polar surface area (TPSA) is 21.3 Å². The highest BCUT2D eigenvalue weighted by atomic mass is 32.2. The molecule has 1 saturated heterocycles. The van der Waals surface area contributed by atoms with E-state index in [1.165, 1.54) is 12.1 Å². The van der Waals surface area contributed by atoms with Gasteiger partial charge in [-0.05, 0) is 55.3 Å². The second-order valence-corrected chi connectivity index (χ2v) is 5.98. The molecule has 20 heavy (non-hydrogen) atoms. The van der Waals surface area contributed by atoms with Crippen LogP contribution in [0.3, 0.4) is 0 Å². The second kappa shape index (κ2) is 6.72. The number of alkyl halides is 3. The molecular weight excluding hydrogens is 287 g/mol. The van der Waals surface area contributed by atoms with Crippen LogP contribution in [0, 0.1) is 0 Å². The Labute approximate surface area is 121 Å². The molecular formula is C14H18F3NOS. The minimum absolute atomic E-state index is 0.0882. The monoisotopic (exact) mass is 305 g/mol. The number of benzene rings is 1. The molecule has 2 nitrogen and oxygen atoms in total. The van der Waals surface area contributed by atoms with Crippen LogP contribution in [-0.4, -0.2) is 24.3 Å². The van der Waals surface area contributed by atoms with Crippen LogP contribution in [-0.2, 0) is 4.74 Å². The molecule has 1 N–H and O–H groups in total. The smallest absolute Gasteiger partial charge is 0.382 e. The summed E-state index contributed by atoms with van der Waals surface area (Å²) in [7, 11) is 0. The van der Waals surface area contributed by atoms with E-state index in [4.69, 9.17) is 4.74 Å². The third kappa shape index (κ3) is 4.90. The minimum Gasteiger partial charge on any atom is -0.382 e. The Morgan fingerprint density at radius 2 is 2.00 bits per heavy atom. The summed E-state index contributed by atoms with van der Waals surface area (Å²) in [6, 6.07) is 6.72. The summed E-state index contributed by atoms with van der Waals surface area (Å²) in [6.07, 6.45) is 3.13. The molecule has 0 saturated carbocycles.